The number of benzene rings is 1. The van der Waals surface area contributed by atoms with Crippen LogP contribution in [0.15, 0.2) is 36.5 Å². The fourth-order valence-electron chi connectivity index (χ4n) is 2.49. The molecule has 0 saturated heterocycles. The van der Waals surface area contributed by atoms with Crippen LogP contribution in [-0.4, -0.2) is 48.3 Å². The van der Waals surface area contributed by atoms with Crippen LogP contribution in [0.3, 0.4) is 0 Å². The van der Waals surface area contributed by atoms with Crippen molar-refractivity contribution in [2.75, 3.05) is 37.3 Å². The van der Waals surface area contributed by atoms with Gasteiger partial charge >= 0.3 is 0 Å². The van der Waals surface area contributed by atoms with Crippen molar-refractivity contribution in [2.45, 2.75) is 19.8 Å². The van der Waals surface area contributed by atoms with Crippen molar-refractivity contribution in [3.63, 3.8) is 0 Å². The number of amides is 1. The number of halogens is 1. The highest BCUT2D eigenvalue weighted by molar-refractivity contribution is 5.96. The zero-order valence-electron chi connectivity index (χ0n) is 17.3. The molecule has 1 heterocycles. The average Bonchev–Trinajstić information content (AvgIpc) is 2.71. The lowest BCUT2D eigenvalue weighted by Crippen LogP contribution is -2.33. The molecule has 1 aromatic carbocycles. The summed E-state index contributed by atoms with van der Waals surface area (Å²) in [5.41, 5.74) is 1.67. The predicted octanol–water partition coefficient (Wildman–Crippen LogP) is 2.94. The lowest BCUT2D eigenvalue weighted by molar-refractivity contribution is -0.120. The summed E-state index contributed by atoms with van der Waals surface area (Å²) in [5, 5.41) is 19.8. The van der Waals surface area contributed by atoms with Crippen LogP contribution in [0.1, 0.15) is 25.3 Å². The highest BCUT2D eigenvalue weighted by Gasteiger charge is 2.06. The molecule has 1 amide bonds. The van der Waals surface area contributed by atoms with E-state index in [9.17, 15) is 9.18 Å². The van der Waals surface area contributed by atoms with Crippen molar-refractivity contribution in [1.82, 2.24) is 20.6 Å². The van der Waals surface area contributed by atoms with E-state index in [0.717, 1.165) is 18.5 Å². The van der Waals surface area contributed by atoms with Gasteiger partial charge in [0.2, 0.25) is 11.9 Å². The number of nitrogens with one attached hydrogen (secondary N) is 5. The van der Waals surface area contributed by atoms with E-state index in [1.54, 1.807) is 37.5 Å². The predicted molar refractivity (Wildman–Crippen MR) is 119 cm³/mol. The molecule has 0 atom stereocenters. The highest BCUT2D eigenvalue weighted by Crippen LogP contribution is 2.19. The molecule has 5 N–H and O–H groups in total. The van der Waals surface area contributed by atoms with Crippen LogP contribution in [0.25, 0.3) is 6.08 Å². The summed E-state index contributed by atoms with van der Waals surface area (Å²) in [5.74, 6) is 0.524. The third kappa shape index (κ3) is 7.96. The number of rotatable bonds is 12. The van der Waals surface area contributed by atoms with Gasteiger partial charge in [0.1, 0.15) is 11.6 Å². The van der Waals surface area contributed by atoms with Gasteiger partial charge in [0.25, 0.3) is 0 Å². The Balaban J connectivity index is 2.04. The molecular formula is C21H28FN7O. The number of hydrogen-bond acceptors (Lipinski definition) is 7. The first-order valence-corrected chi connectivity index (χ1v) is 9.82. The molecule has 0 saturated carbocycles. The first-order chi connectivity index (χ1) is 14.5. The molecule has 30 heavy (non-hydrogen) atoms. The minimum atomic E-state index is -0.343. The Morgan fingerprint density at radius 1 is 1.30 bits per heavy atom. The van der Waals surface area contributed by atoms with Gasteiger partial charge in [0.05, 0.1) is 6.54 Å². The minimum absolute atomic E-state index is 0.102. The Labute approximate surface area is 175 Å². The summed E-state index contributed by atoms with van der Waals surface area (Å²) in [7, 11) is 1.70. The van der Waals surface area contributed by atoms with E-state index >= 15 is 0 Å². The third-order valence-corrected chi connectivity index (χ3v) is 3.96. The van der Waals surface area contributed by atoms with E-state index < -0.39 is 0 Å². The molecule has 0 fully saturated rings. The number of carbonyl (C=O) groups excluding carboxylic acids is 1. The van der Waals surface area contributed by atoms with E-state index in [1.165, 1.54) is 12.1 Å². The monoisotopic (exact) mass is 413 g/mol. The molecule has 160 valence electrons. The molecule has 1 aromatic heterocycles. The van der Waals surface area contributed by atoms with Gasteiger partial charge in [-0.3, -0.25) is 4.79 Å². The summed E-state index contributed by atoms with van der Waals surface area (Å²) in [6.07, 6.45) is 6.41. The maximum atomic E-state index is 13.4. The third-order valence-electron chi connectivity index (χ3n) is 3.96. The maximum absolute atomic E-state index is 13.4. The molecule has 0 radical (unpaired) electrons. The lowest BCUT2D eigenvalue weighted by Gasteiger charge is -2.11. The fourth-order valence-corrected chi connectivity index (χ4v) is 2.49. The molecule has 0 unspecified atom stereocenters. The maximum Gasteiger partial charge on any atom is 0.233 e. The molecule has 0 bridgehead atoms. The van der Waals surface area contributed by atoms with Crippen molar-refractivity contribution >= 4 is 35.1 Å². The number of allylic oxidation sites excluding steroid dienone is 1. The highest BCUT2D eigenvalue weighted by atomic mass is 19.1. The second kappa shape index (κ2) is 12.3. The zero-order valence-corrected chi connectivity index (χ0v) is 17.3. The largest absolute Gasteiger partial charge is 0.369 e. The van der Waals surface area contributed by atoms with Crippen molar-refractivity contribution in [3.8, 4) is 0 Å². The second-order valence-corrected chi connectivity index (χ2v) is 6.55. The van der Waals surface area contributed by atoms with Crippen molar-refractivity contribution in [2.24, 2.45) is 0 Å². The normalized spacial score (nSPS) is 10.8. The Bertz CT molecular complexity index is 885. The number of carbonyl (C=O) groups is 1. The van der Waals surface area contributed by atoms with Gasteiger partial charge in [-0.15, -0.1) is 0 Å². The number of nitrogens with zero attached hydrogens (tertiary/aromatic N) is 2. The topological polar surface area (TPSA) is 115 Å². The molecular weight excluding hydrogens is 385 g/mol. The molecule has 8 nitrogen and oxygen atoms in total. The summed E-state index contributed by atoms with van der Waals surface area (Å²) >= 11 is 0. The number of aromatic nitrogens is 2. The van der Waals surface area contributed by atoms with Crippen LogP contribution in [0, 0.1) is 11.2 Å². The van der Waals surface area contributed by atoms with Crippen LogP contribution in [-0.2, 0) is 4.79 Å². The summed E-state index contributed by atoms with van der Waals surface area (Å²) in [6, 6.07) is 6.08. The Morgan fingerprint density at radius 3 is 2.87 bits per heavy atom. The van der Waals surface area contributed by atoms with E-state index in [4.69, 9.17) is 5.41 Å². The first kappa shape index (κ1) is 23.0. The van der Waals surface area contributed by atoms with Gasteiger partial charge in [-0.1, -0.05) is 13.0 Å². The van der Waals surface area contributed by atoms with Crippen molar-refractivity contribution in [1.29, 1.82) is 5.41 Å². The van der Waals surface area contributed by atoms with Gasteiger partial charge in [-0.2, -0.15) is 4.98 Å². The van der Waals surface area contributed by atoms with E-state index in [0.29, 0.717) is 36.1 Å². The number of hydrogen-bond donors (Lipinski definition) is 5. The van der Waals surface area contributed by atoms with Gasteiger partial charge in [0, 0.05) is 42.7 Å². The minimum Gasteiger partial charge on any atom is -0.369 e. The van der Waals surface area contributed by atoms with Crippen LogP contribution in [0.5, 0.6) is 0 Å². The first-order valence-electron chi connectivity index (χ1n) is 9.82. The zero-order chi connectivity index (χ0) is 21.8. The standard InChI is InChI=1S/C21H28FN7O/c1-3-10-26-20-15(7-8-17(23)9-11-25-19(30)14-24-2)13-27-21(29-20)28-18-6-4-5-16(22)12-18/h4-8,12-13,23-24H,3,9-11,14H2,1-2H3,(H,25,30)(H2,26,27,28,29)/b8-7+,23-17?. The van der Waals surface area contributed by atoms with E-state index in [1.807, 2.05) is 6.92 Å². The van der Waals surface area contributed by atoms with Gasteiger partial charge in [0.15, 0.2) is 0 Å². The van der Waals surface area contributed by atoms with Crippen LogP contribution < -0.4 is 21.3 Å². The van der Waals surface area contributed by atoms with Gasteiger partial charge in [-0.05, 0) is 43.8 Å². The van der Waals surface area contributed by atoms with Crippen LogP contribution >= 0.6 is 0 Å². The molecule has 2 aromatic rings. The van der Waals surface area contributed by atoms with Crippen LogP contribution in [0.4, 0.5) is 21.8 Å². The number of anilines is 3. The van der Waals surface area contributed by atoms with Crippen molar-refractivity contribution < 1.29 is 9.18 Å². The Morgan fingerprint density at radius 2 is 2.13 bits per heavy atom. The fraction of sp³-hybridized carbons (Fsp3) is 0.333. The molecule has 2 rings (SSSR count). The summed E-state index contributed by atoms with van der Waals surface area (Å²) in [4.78, 5) is 20.2. The Kier molecular flexibility index (Phi) is 9.39. The van der Waals surface area contributed by atoms with Crippen LogP contribution in [0.2, 0.25) is 0 Å². The molecule has 0 aliphatic heterocycles. The smallest absolute Gasteiger partial charge is 0.233 e. The van der Waals surface area contributed by atoms with Gasteiger partial charge < -0.3 is 26.7 Å². The molecule has 0 spiro atoms. The Hall–Kier alpha value is -3.33. The van der Waals surface area contributed by atoms with Crippen molar-refractivity contribution in [3.05, 3.63) is 47.9 Å². The lowest BCUT2D eigenvalue weighted by atomic mass is 10.2. The summed E-state index contributed by atoms with van der Waals surface area (Å²) in [6.45, 7) is 3.43. The quantitative estimate of drug-likeness (QED) is 0.342. The average molecular weight is 414 g/mol. The van der Waals surface area contributed by atoms with Gasteiger partial charge in [-0.25, -0.2) is 9.37 Å². The number of likely N-dealkylation sites (N-methyl/N-ethyl adjacent to an activating group) is 1. The second-order valence-electron chi connectivity index (χ2n) is 6.55. The summed E-state index contributed by atoms with van der Waals surface area (Å²) < 4.78 is 13.4. The molecule has 0 aliphatic rings. The van der Waals surface area contributed by atoms with E-state index in [-0.39, 0.29) is 18.3 Å². The molecule has 9 heteroatoms. The van der Waals surface area contributed by atoms with E-state index in [2.05, 4.69) is 31.2 Å². The SMILES string of the molecule is CCCNc1nc(Nc2cccc(F)c2)ncc1/C=C/C(=N)CCNC(=O)CNC. The molecule has 0 aliphatic carbocycles.